The molecule has 3 atom stereocenters. The minimum Gasteiger partial charge on any atom is -0.462 e. The second kappa shape index (κ2) is 55.4. The highest BCUT2D eigenvalue weighted by molar-refractivity contribution is 7.47. The third-order valence-corrected chi connectivity index (χ3v) is 12.6. The van der Waals surface area contributed by atoms with Crippen LogP contribution in [0, 0.1) is 0 Å². The van der Waals surface area contributed by atoms with E-state index in [9.17, 15) is 28.9 Å². The van der Waals surface area contributed by atoms with E-state index in [0.29, 0.717) is 19.3 Å². The van der Waals surface area contributed by atoms with Gasteiger partial charge in [-0.1, -0.05) is 194 Å². The monoisotopic (exact) mass is 1050 g/mol. The average Bonchev–Trinajstić information content (AvgIpc) is 3.39. The number of hydrogen-bond acceptors (Lipinski definition) is 10. The smallest absolute Gasteiger partial charge is 0.462 e. The minimum atomic E-state index is -4.77. The van der Waals surface area contributed by atoms with E-state index in [1.807, 2.05) is 0 Å². The molecule has 0 aromatic carbocycles. The Labute approximate surface area is 450 Å². The summed E-state index contributed by atoms with van der Waals surface area (Å²) in [7, 11) is -4.77. The van der Waals surface area contributed by atoms with Crippen LogP contribution in [0.1, 0.15) is 226 Å². The zero-order chi connectivity index (χ0) is 54.1. The summed E-state index contributed by atoms with van der Waals surface area (Å²) in [5.41, 5.74) is 0. The van der Waals surface area contributed by atoms with Gasteiger partial charge in [0, 0.05) is 19.3 Å². The lowest BCUT2D eigenvalue weighted by molar-refractivity contribution is -0.161. The summed E-state index contributed by atoms with van der Waals surface area (Å²) in [6.45, 7) is 4.31. The number of carbonyl (C=O) groups excluding carboxylic acids is 3. The van der Waals surface area contributed by atoms with Crippen molar-refractivity contribution in [1.29, 1.82) is 0 Å². The summed E-state index contributed by atoms with van der Waals surface area (Å²) < 4.78 is 39.5. The fourth-order valence-electron chi connectivity index (χ4n) is 7.33. The van der Waals surface area contributed by atoms with Gasteiger partial charge in [0.1, 0.15) is 12.7 Å². The van der Waals surface area contributed by atoms with E-state index >= 15 is 0 Å². The van der Waals surface area contributed by atoms with E-state index in [4.69, 9.17) is 23.3 Å². The Morgan fingerprint density at radius 3 is 1.11 bits per heavy atom. The van der Waals surface area contributed by atoms with Crippen molar-refractivity contribution >= 4 is 25.7 Å². The summed E-state index contributed by atoms with van der Waals surface area (Å²) in [6.07, 6.45) is 66.2. The van der Waals surface area contributed by atoms with Gasteiger partial charge in [-0.15, -0.1) is 0 Å². The van der Waals surface area contributed by atoms with Gasteiger partial charge in [0.15, 0.2) is 6.10 Å². The second-order valence-corrected chi connectivity index (χ2v) is 20.1. The van der Waals surface area contributed by atoms with E-state index in [1.54, 1.807) is 0 Å². The van der Waals surface area contributed by atoms with Crippen molar-refractivity contribution in [3.8, 4) is 0 Å². The molecule has 0 amide bonds. The number of phosphoric ester groups is 1. The summed E-state index contributed by atoms with van der Waals surface area (Å²) >= 11 is 0. The molecule has 0 aliphatic carbocycles. The number of ether oxygens (including phenoxy) is 3. The normalized spacial score (nSPS) is 14.2. The fraction of sp³-hybridized carbons (Fsp3) is 0.661. The minimum absolute atomic E-state index is 0.118. The third kappa shape index (κ3) is 53.0. The van der Waals surface area contributed by atoms with Crippen LogP contribution >= 0.6 is 7.82 Å². The number of allylic oxidation sites excluding steroid dienone is 18. The summed E-state index contributed by atoms with van der Waals surface area (Å²) in [4.78, 5) is 48.5. The molecule has 2 N–H and O–H groups in total. The molecular formula is C62H103O11P. The molecule has 0 radical (unpaired) electrons. The lowest BCUT2D eigenvalue weighted by atomic mass is 10.1. The molecule has 0 heterocycles. The van der Waals surface area contributed by atoms with E-state index in [2.05, 4.69) is 130 Å². The van der Waals surface area contributed by atoms with E-state index in [0.717, 1.165) is 141 Å². The molecule has 422 valence electrons. The van der Waals surface area contributed by atoms with Gasteiger partial charge in [0.05, 0.1) is 19.8 Å². The molecule has 3 unspecified atom stereocenters. The Morgan fingerprint density at radius 1 is 0.392 bits per heavy atom. The van der Waals surface area contributed by atoms with E-state index < -0.39 is 57.8 Å². The van der Waals surface area contributed by atoms with Crippen molar-refractivity contribution in [3.05, 3.63) is 109 Å². The van der Waals surface area contributed by atoms with Crippen LogP contribution in [0.5, 0.6) is 0 Å². The van der Waals surface area contributed by atoms with Crippen molar-refractivity contribution < 1.29 is 52.2 Å². The number of carbonyl (C=O) groups is 3. The first kappa shape index (κ1) is 70.1. The molecule has 0 aromatic heterocycles. The summed E-state index contributed by atoms with van der Waals surface area (Å²) in [5.74, 6) is -1.54. The number of esters is 3. The Kier molecular flexibility index (Phi) is 52.5. The molecule has 0 bridgehead atoms. The molecule has 0 aliphatic rings. The maximum atomic E-state index is 12.9. The highest BCUT2D eigenvalue weighted by atomic mass is 31.2. The van der Waals surface area contributed by atoms with Crippen LogP contribution in [0.25, 0.3) is 0 Å². The van der Waals surface area contributed by atoms with Gasteiger partial charge in [-0.25, -0.2) is 4.57 Å². The molecule has 0 spiro atoms. The Hall–Kier alpha value is -3.86. The predicted molar refractivity (Wildman–Crippen MR) is 307 cm³/mol. The van der Waals surface area contributed by atoms with Crippen LogP contribution in [-0.4, -0.2) is 66.5 Å². The van der Waals surface area contributed by atoms with Gasteiger partial charge in [-0.2, -0.15) is 0 Å². The van der Waals surface area contributed by atoms with Crippen molar-refractivity contribution in [2.75, 3.05) is 26.4 Å². The second-order valence-electron chi connectivity index (χ2n) is 18.7. The summed E-state index contributed by atoms with van der Waals surface area (Å²) in [6, 6.07) is 0. The Morgan fingerprint density at radius 2 is 0.703 bits per heavy atom. The van der Waals surface area contributed by atoms with Gasteiger partial charge >= 0.3 is 25.7 Å². The highest BCUT2D eigenvalue weighted by Crippen LogP contribution is 2.43. The average molecular weight is 1060 g/mol. The van der Waals surface area contributed by atoms with Crippen LogP contribution in [0.4, 0.5) is 0 Å². The first-order chi connectivity index (χ1) is 36.2. The SMILES string of the molecule is CC/C=C\C/C=C\C/C=C\C/C=C\CCCCC(=O)OC(CO)COP(=O)(O)OCC(COC(=O)CCCCCCC/C=C\C/C=C\CCCCC)OC(=O)CCCCCCCCC/C=C\C/C=C\C/C=C\CC. The number of unbranched alkanes of at least 4 members (excludes halogenated alkanes) is 17. The largest absolute Gasteiger partial charge is 0.472 e. The number of aliphatic hydroxyl groups is 1. The van der Waals surface area contributed by atoms with Crippen LogP contribution in [-0.2, 0) is 42.2 Å². The molecule has 0 fully saturated rings. The molecule has 0 aromatic rings. The molecule has 11 nitrogen and oxygen atoms in total. The maximum Gasteiger partial charge on any atom is 0.472 e. The van der Waals surface area contributed by atoms with Gasteiger partial charge in [0.25, 0.3) is 0 Å². The first-order valence-corrected chi connectivity index (χ1v) is 30.3. The number of aliphatic hydroxyl groups excluding tert-OH is 1. The molecule has 0 saturated heterocycles. The standard InChI is InChI=1S/C62H103O11P/c1-4-7-10-13-16-19-22-25-28-29-32-35-38-41-44-47-50-53-62(66)73-59(55-69-60(64)51-48-45-42-39-36-33-30-26-23-20-17-14-11-8-5-2)57-71-74(67,68)70-56-58(54-63)72-61(65)52-49-46-43-40-37-34-31-27-24-21-18-15-12-9-6-3/h7,9-10,12,16-21,25-28,30-31,37,40,58-59,63H,4-6,8,11,13-15,22-24,29,32-36,38-39,41-57H2,1-3H3,(H,67,68)/b10-7-,12-9-,19-16-,20-17-,21-18-,28-25-,30-26-,31-27-,40-37-. The zero-order valence-corrected chi connectivity index (χ0v) is 47.4. The van der Waals surface area contributed by atoms with E-state index in [1.165, 1.54) is 25.7 Å². The van der Waals surface area contributed by atoms with E-state index in [-0.39, 0.29) is 25.9 Å². The van der Waals surface area contributed by atoms with Crippen molar-refractivity contribution in [3.63, 3.8) is 0 Å². The zero-order valence-electron chi connectivity index (χ0n) is 46.5. The Balaban J connectivity index is 4.81. The summed E-state index contributed by atoms with van der Waals surface area (Å²) in [5, 5.41) is 9.81. The topological polar surface area (TPSA) is 155 Å². The molecular weight excluding hydrogens is 952 g/mol. The predicted octanol–water partition coefficient (Wildman–Crippen LogP) is 17.0. The van der Waals surface area contributed by atoms with Crippen LogP contribution < -0.4 is 0 Å². The molecule has 12 heteroatoms. The van der Waals surface area contributed by atoms with Crippen molar-refractivity contribution in [2.24, 2.45) is 0 Å². The maximum absolute atomic E-state index is 12.9. The Bertz CT molecular complexity index is 1660. The quantitative estimate of drug-likeness (QED) is 0.0197. The van der Waals surface area contributed by atoms with Crippen LogP contribution in [0.15, 0.2) is 109 Å². The lowest BCUT2D eigenvalue weighted by Gasteiger charge is -2.21. The van der Waals surface area contributed by atoms with Crippen LogP contribution in [0.2, 0.25) is 0 Å². The van der Waals surface area contributed by atoms with Gasteiger partial charge < -0.3 is 24.2 Å². The number of phosphoric acid groups is 1. The number of rotatable bonds is 52. The van der Waals surface area contributed by atoms with Crippen LogP contribution in [0.3, 0.4) is 0 Å². The van der Waals surface area contributed by atoms with Crippen molar-refractivity contribution in [2.45, 2.75) is 238 Å². The number of hydrogen-bond donors (Lipinski definition) is 2. The molecule has 0 saturated carbocycles. The third-order valence-electron chi connectivity index (χ3n) is 11.7. The highest BCUT2D eigenvalue weighted by Gasteiger charge is 2.28. The molecule has 0 aliphatic heterocycles. The first-order valence-electron chi connectivity index (χ1n) is 28.8. The van der Waals surface area contributed by atoms with Crippen molar-refractivity contribution in [1.82, 2.24) is 0 Å². The molecule has 74 heavy (non-hydrogen) atoms. The van der Waals surface area contributed by atoms with Gasteiger partial charge in [-0.05, 0) is 122 Å². The fourth-order valence-corrected chi connectivity index (χ4v) is 8.12. The van der Waals surface area contributed by atoms with Gasteiger partial charge in [0.2, 0.25) is 0 Å². The molecule has 0 rings (SSSR count). The van der Waals surface area contributed by atoms with Gasteiger partial charge in [-0.3, -0.25) is 23.4 Å². The lowest BCUT2D eigenvalue weighted by Crippen LogP contribution is -2.30.